The Morgan fingerprint density at radius 3 is 2.53 bits per heavy atom. The number of ketones is 1. The summed E-state index contributed by atoms with van der Waals surface area (Å²) in [5, 5.41) is 2.80. The third kappa shape index (κ3) is 4.62. The number of nitrogens with zero attached hydrogens (tertiary/aromatic N) is 2. The van der Waals surface area contributed by atoms with Crippen molar-refractivity contribution in [3.63, 3.8) is 0 Å². The van der Waals surface area contributed by atoms with Crippen LogP contribution < -0.4 is 5.32 Å². The molecule has 186 valence electrons. The van der Waals surface area contributed by atoms with Crippen LogP contribution in [0, 0.1) is 13.8 Å². The normalized spacial score (nSPS) is 23.4. The number of sulfone groups is 1. The van der Waals surface area contributed by atoms with Gasteiger partial charge in [0.15, 0.2) is 16.4 Å². The second kappa shape index (κ2) is 9.16. The first-order valence-electron chi connectivity index (χ1n) is 11.7. The number of aromatic nitrogens is 1. The number of carbonyl (C=O) groups excluding carboxylic acids is 4. The Hall–Kier alpha value is -2.69. The van der Waals surface area contributed by atoms with Crippen LogP contribution in [0.15, 0.2) is 6.07 Å². The van der Waals surface area contributed by atoms with E-state index in [9.17, 15) is 27.6 Å². The second-order valence-electron chi connectivity index (χ2n) is 9.58. The van der Waals surface area contributed by atoms with Crippen molar-refractivity contribution in [1.82, 2.24) is 14.8 Å². The number of amides is 3. The van der Waals surface area contributed by atoms with Gasteiger partial charge in [-0.1, -0.05) is 19.3 Å². The van der Waals surface area contributed by atoms with Crippen molar-refractivity contribution >= 4 is 33.5 Å². The van der Waals surface area contributed by atoms with E-state index in [1.54, 1.807) is 13.0 Å². The van der Waals surface area contributed by atoms with E-state index in [1.807, 2.05) is 11.5 Å². The van der Waals surface area contributed by atoms with Crippen LogP contribution in [0.25, 0.3) is 0 Å². The zero-order valence-corrected chi connectivity index (χ0v) is 20.4. The van der Waals surface area contributed by atoms with Gasteiger partial charge in [0.05, 0.1) is 17.9 Å². The standard InChI is InChI=1S/C23H31N3O7S/c1-15-12-18(16(2)26(15)17-7-11-34(31,32)14-17)19(27)13-33-20(28)6-10-25-21(29)23(24-22(25)30)8-4-3-5-9-23/h12,17H,3-11,13-14H2,1-2H3,(H,24,30). The van der Waals surface area contributed by atoms with Gasteiger partial charge in [-0.2, -0.15) is 0 Å². The molecule has 0 bridgehead atoms. The maximum absolute atomic E-state index is 12.8. The summed E-state index contributed by atoms with van der Waals surface area (Å²) < 4.78 is 30.7. The van der Waals surface area contributed by atoms with Crippen LogP contribution in [-0.2, 0) is 24.2 Å². The van der Waals surface area contributed by atoms with Crippen molar-refractivity contribution < 1.29 is 32.3 Å². The lowest BCUT2D eigenvalue weighted by atomic mass is 9.82. The van der Waals surface area contributed by atoms with Gasteiger partial charge in [0.1, 0.15) is 5.54 Å². The Morgan fingerprint density at radius 2 is 1.88 bits per heavy atom. The minimum Gasteiger partial charge on any atom is -0.457 e. The van der Waals surface area contributed by atoms with E-state index in [-0.39, 0.29) is 42.2 Å². The van der Waals surface area contributed by atoms with E-state index >= 15 is 0 Å². The fourth-order valence-corrected chi connectivity index (χ4v) is 7.17. The molecule has 2 aliphatic heterocycles. The van der Waals surface area contributed by atoms with E-state index in [4.69, 9.17) is 4.74 Å². The summed E-state index contributed by atoms with van der Waals surface area (Å²) in [5.74, 6) is -1.16. The van der Waals surface area contributed by atoms with Gasteiger partial charge in [0.2, 0.25) is 5.78 Å². The van der Waals surface area contributed by atoms with Crippen LogP contribution in [0.1, 0.15) is 72.7 Å². The minimum absolute atomic E-state index is 0.0516. The van der Waals surface area contributed by atoms with Crippen molar-refractivity contribution in [3.05, 3.63) is 23.0 Å². The van der Waals surface area contributed by atoms with Gasteiger partial charge in [-0.3, -0.25) is 19.3 Å². The maximum Gasteiger partial charge on any atom is 0.325 e. The number of carbonyl (C=O) groups is 4. The van der Waals surface area contributed by atoms with Crippen molar-refractivity contribution in [2.45, 2.75) is 70.4 Å². The summed E-state index contributed by atoms with van der Waals surface area (Å²) in [7, 11) is -3.07. The van der Waals surface area contributed by atoms with Crippen LogP contribution in [0.2, 0.25) is 0 Å². The van der Waals surface area contributed by atoms with Crippen molar-refractivity contribution in [2.24, 2.45) is 0 Å². The minimum atomic E-state index is -3.07. The zero-order chi connectivity index (χ0) is 24.7. The highest BCUT2D eigenvalue weighted by molar-refractivity contribution is 7.91. The van der Waals surface area contributed by atoms with Crippen molar-refractivity contribution in [3.8, 4) is 0 Å². The van der Waals surface area contributed by atoms with Gasteiger partial charge in [0, 0.05) is 29.5 Å². The predicted octanol–water partition coefficient (Wildman–Crippen LogP) is 1.84. The Bertz CT molecular complexity index is 1130. The van der Waals surface area contributed by atoms with Crippen LogP contribution >= 0.6 is 0 Å². The quantitative estimate of drug-likeness (QED) is 0.348. The molecule has 4 rings (SSSR count). The van der Waals surface area contributed by atoms with Gasteiger partial charge in [-0.15, -0.1) is 0 Å². The summed E-state index contributed by atoms with van der Waals surface area (Å²) >= 11 is 0. The third-order valence-electron chi connectivity index (χ3n) is 7.22. The predicted molar refractivity (Wildman–Crippen MR) is 122 cm³/mol. The number of urea groups is 1. The highest BCUT2D eigenvalue weighted by Gasteiger charge is 2.51. The van der Waals surface area contributed by atoms with Crippen LogP contribution in [0.4, 0.5) is 4.79 Å². The SMILES string of the molecule is Cc1cc(C(=O)COC(=O)CCN2C(=O)NC3(CCCCC3)C2=O)c(C)n1C1CCS(=O)(=O)C1. The molecule has 3 fully saturated rings. The molecular weight excluding hydrogens is 462 g/mol. The second-order valence-corrected chi connectivity index (χ2v) is 11.8. The number of nitrogens with one attached hydrogen (secondary N) is 1. The Kier molecular flexibility index (Phi) is 6.58. The molecule has 1 aliphatic carbocycles. The molecule has 0 radical (unpaired) electrons. The molecule has 34 heavy (non-hydrogen) atoms. The average molecular weight is 494 g/mol. The molecule has 1 unspecified atom stereocenters. The molecule has 1 aromatic heterocycles. The summed E-state index contributed by atoms with van der Waals surface area (Å²) in [6, 6.07) is 0.996. The van der Waals surface area contributed by atoms with Crippen molar-refractivity contribution in [2.75, 3.05) is 24.7 Å². The van der Waals surface area contributed by atoms with E-state index in [0.717, 1.165) is 29.9 Å². The van der Waals surface area contributed by atoms with Crippen LogP contribution in [0.5, 0.6) is 0 Å². The lowest BCUT2D eigenvalue weighted by molar-refractivity contribution is -0.143. The number of hydrogen-bond acceptors (Lipinski definition) is 7. The zero-order valence-electron chi connectivity index (χ0n) is 19.6. The molecule has 3 amide bonds. The summed E-state index contributed by atoms with van der Waals surface area (Å²) in [5.41, 5.74) is 0.987. The van der Waals surface area contributed by atoms with Gasteiger partial charge < -0.3 is 14.6 Å². The summed E-state index contributed by atoms with van der Waals surface area (Å²) in [6.07, 6.45) is 4.32. The number of imide groups is 1. The molecule has 3 aliphatic rings. The van der Waals surface area contributed by atoms with E-state index in [0.29, 0.717) is 30.5 Å². The number of aryl methyl sites for hydroxylation is 1. The molecule has 1 atom stereocenters. The van der Waals surface area contributed by atoms with Gasteiger partial charge >= 0.3 is 12.0 Å². The largest absolute Gasteiger partial charge is 0.457 e. The molecule has 1 aromatic rings. The number of esters is 1. The monoisotopic (exact) mass is 493 g/mol. The van der Waals surface area contributed by atoms with Crippen LogP contribution in [-0.4, -0.2) is 71.8 Å². The molecule has 1 N–H and O–H groups in total. The third-order valence-corrected chi connectivity index (χ3v) is 8.97. The fraction of sp³-hybridized carbons (Fsp3) is 0.652. The summed E-state index contributed by atoms with van der Waals surface area (Å²) in [4.78, 5) is 51.1. The number of rotatable bonds is 7. The Balaban J connectivity index is 1.31. The van der Waals surface area contributed by atoms with Gasteiger partial charge in [0.25, 0.3) is 5.91 Å². The average Bonchev–Trinajstić information content (AvgIpc) is 3.36. The molecule has 2 saturated heterocycles. The first kappa shape index (κ1) is 24.4. The molecule has 3 heterocycles. The highest BCUT2D eigenvalue weighted by Crippen LogP contribution is 2.34. The van der Waals surface area contributed by atoms with Gasteiger partial charge in [-0.25, -0.2) is 13.2 Å². The van der Waals surface area contributed by atoms with Crippen molar-refractivity contribution in [1.29, 1.82) is 0 Å². The van der Waals surface area contributed by atoms with Gasteiger partial charge in [-0.05, 0) is 39.2 Å². The first-order chi connectivity index (χ1) is 16.0. The lowest BCUT2D eigenvalue weighted by Crippen LogP contribution is -2.48. The molecule has 10 nitrogen and oxygen atoms in total. The number of Topliss-reactive ketones (excluding diaryl/α,β-unsaturated/α-hetero) is 1. The van der Waals surface area contributed by atoms with E-state index in [2.05, 4.69) is 5.32 Å². The highest BCUT2D eigenvalue weighted by atomic mass is 32.2. The molecular formula is C23H31N3O7S. The summed E-state index contributed by atoms with van der Waals surface area (Å²) in [6.45, 7) is 3.02. The number of hydrogen-bond donors (Lipinski definition) is 1. The Labute approximate surface area is 198 Å². The van der Waals surface area contributed by atoms with E-state index < -0.39 is 34.0 Å². The first-order valence-corrected chi connectivity index (χ1v) is 13.6. The molecule has 0 aromatic carbocycles. The molecule has 1 saturated carbocycles. The van der Waals surface area contributed by atoms with Crippen LogP contribution in [0.3, 0.4) is 0 Å². The molecule has 1 spiro atoms. The lowest BCUT2D eigenvalue weighted by Gasteiger charge is -2.30. The smallest absolute Gasteiger partial charge is 0.325 e. The number of ether oxygens (including phenoxy) is 1. The maximum atomic E-state index is 12.8. The molecule has 11 heteroatoms. The fourth-order valence-electron chi connectivity index (χ4n) is 5.47. The van der Waals surface area contributed by atoms with E-state index in [1.165, 1.54) is 0 Å². The Morgan fingerprint density at radius 1 is 1.18 bits per heavy atom. The topological polar surface area (TPSA) is 132 Å².